The fourth-order valence-corrected chi connectivity index (χ4v) is 4.94. The average Bonchev–Trinajstić information content (AvgIpc) is 2.93. The zero-order valence-electron chi connectivity index (χ0n) is 23.4. The molecule has 0 aromatic heterocycles. The molecule has 4 N–H and O–H groups in total. The van der Waals surface area contributed by atoms with Crippen LogP contribution in [0.4, 0.5) is 5.69 Å². The standard InChI is InChI=1S/C31H37N5O3/c1-6-33-25-17-27-23(15-19(25)3)30(24-16-20(4)26(34-7-2)18-28(24)39-27)21-11-8-9-12-22(21)31(38)36(5)14-10-13-29(37)35-32/h8-9,11-12,15-18,33H,6-7,10,13-14,32H2,1-5H3,(H,35,37)/b34-26-. The number of carbonyl (C=O) groups excluding carboxylic acids is 2. The van der Waals surface area contributed by atoms with Gasteiger partial charge in [0.15, 0.2) is 0 Å². The van der Waals surface area contributed by atoms with Crippen LogP contribution < -0.4 is 21.9 Å². The van der Waals surface area contributed by atoms with Crippen LogP contribution in [0.3, 0.4) is 0 Å². The van der Waals surface area contributed by atoms with Gasteiger partial charge in [-0.05, 0) is 69.0 Å². The first kappa shape index (κ1) is 27.9. The lowest BCUT2D eigenvalue weighted by Crippen LogP contribution is -2.32. The number of anilines is 1. The number of benzene rings is 3. The molecular weight excluding hydrogens is 490 g/mol. The van der Waals surface area contributed by atoms with E-state index in [1.807, 2.05) is 50.2 Å². The Morgan fingerprint density at radius 2 is 1.79 bits per heavy atom. The van der Waals surface area contributed by atoms with Gasteiger partial charge in [-0.15, -0.1) is 0 Å². The number of nitrogens with two attached hydrogens (primary N) is 1. The van der Waals surface area contributed by atoms with E-state index in [0.29, 0.717) is 30.8 Å². The minimum absolute atomic E-state index is 0.115. The molecule has 2 aliphatic rings. The SMILES string of the molecule is CC/N=c1/cc2oc3cc(NCC)c(C)cc3c(-c3ccccc3C(=O)N(C)CCCC(=O)NN)c-2cc1C. The Labute approximate surface area is 229 Å². The van der Waals surface area contributed by atoms with Crippen molar-refractivity contribution in [2.45, 2.75) is 40.5 Å². The number of nitrogens with one attached hydrogen (secondary N) is 2. The fourth-order valence-electron chi connectivity index (χ4n) is 4.94. The van der Waals surface area contributed by atoms with Crippen molar-refractivity contribution in [1.29, 1.82) is 0 Å². The monoisotopic (exact) mass is 527 g/mol. The first-order valence-corrected chi connectivity index (χ1v) is 13.4. The van der Waals surface area contributed by atoms with Crippen molar-refractivity contribution in [1.82, 2.24) is 10.3 Å². The molecule has 0 spiro atoms. The normalized spacial score (nSPS) is 11.7. The molecule has 1 heterocycles. The summed E-state index contributed by atoms with van der Waals surface area (Å²) in [5.41, 5.74) is 9.30. The summed E-state index contributed by atoms with van der Waals surface area (Å²) in [4.78, 5) is 31.6. The van der Waals surface area contributed by atoms with Gasteiger partial charge in [-0.2, -0.15) is 0 Å². The number of hydrogen-bond donors (Lipinski definition) is 3. The molecule has 8 nitrogen and oxygen atoms in total. The van der Waals surface area contributed by atoms with Crippen molar-refractivity contribution < 1.29 is 14.0 Å². The Bertz CT molecular complexity index is 1560. The quantitative estimate of drug-likeness (QED) is 0.122. The van der Waals surface area contributed by atoms with Crippen LogP contribution in [0.15, 0.2) is 57.9 Å². The Morgan fingerprint density at radius 3 is 2.51 bits per heavy atom. The van der Waals surface area contributed by atoms with Crippen molar-refractivity contribution in [3.8, 4) is 22.5 Å². The molecule has 0 saturated heterocycles. The second-order valence-electron chi connectivity index (χ2n) is 9.72. The van der Waals surface area contributed by atoms with E-state index >= 15 is 0 Å². The van der Waals surface area contributed by atoms with Crippen LogP contribution in [-0.4, -0.2) is 43.4 Å². The van der Waals surface area contributed by atoms with Gasteiger partial charge in [0.05, 0.1) is 5.36 Å². The number of nitrogens with zero attached hydrogens (tertiary/aromatic N) is 2. The molecule has 0 atom stereocenters. The lowest BCUT2D eigenvalue weighted by Gasteiger charge is -2.22. The summed E-state index contributed by atoms with van der Waals surface area (Å²) in [6, 6.07) is 15.9. The van der Waals surface area contributed by atoms with E-state index < -0.39 is 0 Å². The summed E-state index contributed by atoms with van der Waals surface area (Å²) < 4.78 is 6.48. The van der Waals surface area contributed by atoms with Crippen molar-refractivity contribution in [3.63, 3.8) is 0 Å². The molecule has 39 heavy (non-hydrogen) atoms. The number of aryl methyl sites for hydroxylation is 2. The van der Waals surface area contributed by atoms with E-state index in [0.717, 1.165) is 56.4 Å². The lowest BCUT2D eigenvalue weighted by molar-refractivity contribution is -0.121. The van der Waals surface area contributed by atoms with Crippen LogP contribution in [-0.2, 0) is 4.79 Å². The minimum atomic E-state index is -0.251. The summed E-state index contributed by atoms with van der Waals surface area (Å²) in [5, 5.41) is 5.24. The Morgan fingerprint density at radius 1 is 1.03 bits per heavy atom. The molecule has 4 rings (SSSR count). The molecule has 2 aromatic carbocycles. The third kappa shape index (κ3) is 5.81. The number of hydrazine groups is 1. The van der Waals surface area contributed by atoms with Gasteiger partial charge >= 0.3 is 0 Å². The first-order chi connectivity index (χ1) is 18.8. The maximum Gasteiger partial charge on any atom is 0.254 e. The average molecular weight is 528 g/mol. The molecule has 0 bridgehead atoms. The number of rotatable bonds is 9. The maximum atomic E-state index is 13.7. The van der Waals surface area contributed by atoms with Crippen LogP contribution in [0, 0.1) is 13.8 Å². The third-order valence-corrected chi connectivity index (χ3v) is 6.91. The van der Waals surface area contributed by atoms with Crippen LogP contribution in [0.1, 0.15) is 48.2 Å². The summed E-state index contributed by atoms with van der Waals surface area (Å²) in [6.07, 6.45) is 0.766. The maximum absolute atomic E-state index is 13.7. The second-order valence-corrected chi connectivity index (χ2v) is 9.72. The predicted octanol–water partition coefficient (Wildman–Crippen LogP) is 5.02. The molecule has 204 valence electrons. The highest BCUT2D eigenvalue weighted by Gasteiger charge is 2.24. The molecule has 8 heteroatoms. The number of carbonyl (C=O) groups is 2. The Balaban J connectivity index is 1.94. The summed E-state index contributed by atoms with van der Waals surface area (Å²) in [6.45, 7) is 10.1. The number of fused-ring (bicyclic) bond motifs is 2. The zero-order valence-corrected chi connectivity index (χ0v) is 23.4. The van der Waals surface area contributed by atoms with E-state index in [1.165, 1.54) is 0 Å². The summed E-state index contributed by atoms with van der Waals surface area (Å²) in [5.74, 6) is 5.54. The van der Waals surface area contributed by atoms with Crippen LogP contribution in [0.5, 0.6) is 0 Å². The van der Waals surface area contributed by atoms with Crippen LogP contribution in [0.2, 0.25) is 0 Å². The van der Waals surface area contributed by atoms with Gasteiger partial charge in [0, 0.05) is 73.0 Å². The lowest BCUT2D eigenvalue weighted by atomic mass is 9.89. The van der Waals surface area contributed by atoms with Gasteiger partial charge in [0.1, 0.15) is 11.3 Å². The Kier molecular flexibility index (Phi) is 8.66. The molecule has 1 aliphatic heterocycles. The van der Waals surface area contributed by atoms with E-state index in [1.54, 1.807) is 11.9 Å². The van der Waals surface area contributed by atoms with Gasteiger partial charge < -0.3 is 14.6 Å². The predicted molar refractivity (Wildman–Crippen MR) is 157 cm³/mol. The van der Waals surface area contributed by atoms with Gasteiger partial charge in [-0.25, -0.2) is 5.84 Å². The highest BCUT2D eigenvalue weighted by atomic mass is 16.3. The van der Waals surface area contributed by atoms with Crippen molar-refractivity contribution in [2.24, 2.45) is 10.8 Å². The highest BCUT2D eigenvalue weighted by molar-refractivity contribution is 6.09. The van der Waals surface area contributed by atoms with E-state index in [-0.39, 0.29) is 18.2 Å². The smallest absolute Gasteiger partial charge is 0.254 e. The second kappa shape index (κ2) is 12.1. The largest absolute Gasteiger partial charge is 0.456 e. The first-order valence-electron chi connectivity index (χ1n) is 13.4. The summed E-state index contributed by atoms with van der Waals surface area (Å²) in [7, 11) is 1.76. The van der Waals surface area contributed by atoms with Gasteiger partial charge in [0.25, 0.3) is 5.91 Å². The van der Waals surface area contributed by atoms with Gasteiger partial charge in [0.2, 0.25) is 5.91 Å². The molecule has 0 radical (unpaired) electrons. The van der Waals surface area contributed by atoms with Crippen LogP contribution in [0.25, 0.3) is 33.4 Å². The zero-order chi connectivity index (χ0) is 28.1. The van der Waals surface area contributed by atoms with E-state index in [2.05, 4.69) is 41.7 Å². The highest BCUT2D eigenvalue weighted by Crippen LogP contribution is 2.43. The molecule has 0 unspecified atom stereocenters. The number of hydrogen-bond acceptors (Lipinski definition) is 6. The third-order valence-electron chi connectivity index (χ3n) is 6.91. The minimum Gasteiger partial charge on any atom is -0.456 e. The van der Waals surface area contributed by atoms with Crippen molar-refractivity contribution in [3.05, 3.63) is 70.6 Å². The molecule has 0 fully saturated rings. The molecule has 0 saturated carbocycles. The topological polar surface area (TPSA) is 113 Å². The van der Waals surface area contributed by atoms with Gasteiger partial charge in [-0.3, -0.25) is 20.0 Å². The van der Waals surface area contributed by atoms with Crippen molar-refractivity contribution >= 4 is 28.5 Å². The Hall–Kier alpha value is -4.17. The van der Waals surface area contributed by atoms with Crippen molar-refractivity contribution in [2.75, 3.05) is 32.0 Å². The molecular formula is C31H37N5O3. The van der Waals surface area contributed by atoms with Gasteiger partial charge in [-0.1, -0.05) is 18.2 Å². The van der Waals surface area contributed by atoms with Crippen LogP contribution >= 0.6 is 0 Å². The molecule has 1 aliphatic carbocycles. The van der Waals surface area contributed by atoms with E-state index in [9.17, 15) is 9.59 Å². The fraction of sp³-hybridized carbons (Fsp3) is 0.323. The molecule has 2 aromatic rings. The molecule has 2 amide bonds. The number of amides is 2. The summed E-state index contributed by atoms with van der Waals surface area (Å²) >= 11 is 0. The van der Waals surface area contributed by atoms with E-state index in [4.69, 9.17) is 10.3 Å².